The maximum atomic E-state index is 12.2. The highest BCUT2D eigenvalue weighted by Crippen LogP contribution is 2.32. The minimum absolute atomic E-state index is 0.0656. The number of amides is 2. The molecule has 1 aromatic heterocycles. The van der Waals surface area contributed by atoms with Crippen molar-refractivity contribution in [3.05, 3.63) is 19.2 Å². The highest BCUT2D eigenvalue weighted by molar-refractivity contribution is 9.12. The first-order chi connectivity index (χ1) is 9.43. The Labute approximate surface area is 137 Å². The van der Waals surface area contributed by atoms with Gasteiger partial charge in [0.2, 0.25) is 0 Å². The molecule has 0 unspecified atom stereocenters. The molecule has 8 heteroatoms. The Balaban J connectivity index is 2.07. The van der Waals surface area contributed by atoms with Crippen LogP contribution in [0.15, 0.2) is 13.6 Å². The smallest absolute Gasteiger partial charge is 0.312 e. The fourth-order valence-electron chi connectivity index (χ4n) is 1.96. The number of Topliss-reactive ketones (excluding diaryl/α,β-unsaturated/α-hetero) is 1. The number of rotatable bonds is 4. The van der Waals surface area contributed by atoms with E-state index in [2.05, 4.69) is 31.9 Å². The van der Waals surface area contributed by atoms with Gasteiger partial charge in [-0.2, -0.15) is 0 Å². The molecule has 2 heterocycles. The largest absolute Gasteiger partial charge is 0.333 e. The third-order valence-electron chi connectivity index (χ3n) is 3.07. The summed E-state index contributed by atoms with van der Waals surface area (Å²) in [5.41, 5.74) is 0.528. The van der Waals surface area contributed by atoms with Crippen LogP contribution >= 0.6 is 43.2 Å². The summed E-state index contributed by atoms with van der Waals surface area (Å²) in [4.78, 5) is 38.7. The van der Waals surface area contributed by atoms with E-state index < -0.39 is 11.8 Å². The number of carbonyl (C=O) groups excluding carboxylic acids is 3. The van der Waals surface area contributed by atoms with Crippen LogP contribution in [0.2, 0.25) is 0 Å². The summed E-state index contributed by atoms with van der Waals surface area (Å²) in [7, 11) is 0. The van der Waals surface area contributed by atoms with Gasteiger partial charge in [0.1, 0.15) is 0 Å². The van der Waals surface area contributed by atoms with Gasteiger partial charge in [-0.25, -0.2) is 0 Å². The minimum atomic E-state index is -0.600. The van der Waals surface area contributed by atoms with Crippen molar-refractivity contribution in [3.63, 3.8) is 0 Å². The molecule has 0 saturated carbocycles. The van der Waals surface area contributed by atoms with E-state index in [1.165, 1.54) is 21.1 Å². The van der Waals surface area contributed by atoms with Crippen LogP contribution in [0.5, 0.6) is 0 Å². The highest BCUT2D eigenvalue weighted by Gasteiger charge is 2.33. The predicted octanol–water partition coefficient (Wildman–Crippen LogP) is 2.15. The van der Waals surface area contributed by atoms with Gasteiger partial charge in [-0.05, 0) is 44.8 Å². The van der Waals surface area contributed by atoms with Gasteiger partial charge in [-0.3, -0.25) is 14.4 Å². The molecule has 2 amide bonds. The number of nitrogens with zero attached hydrogens (tertiary/aromatic N) is 2. The van der Waals surface area contributed by atoms with Crippen molar-refractivity contribution >= 4 is 60.8 Å². The van der Waals surface area contributed by atoms with Crippen LogP contribution in [-0.2, 0) is 9.59 Å². The van der Waals surface area contributed by atoms with Crippen LogP contribution in [0.3, 0.4) is 0 Å². The van der Waals surface area contributed by atoms with Crippen LogP contribution in [0, 0.1) is 0 Å². The molecule has 0 N–H and O–H groups in total. The number of thiophene rings is 1. The van der Waals surface area contributed by atoms with Gasteiger partial charge in [0.25, 0.3) is 0 Å². The van der Waals surface area contributed by atoms with E-state index in [1.807, 2.05) is 6.92 Å². The van der Waals surface area contributed by atoms with Crippen LogP contribution in [0.4, 0.5) is 0 Å². The van der Waals surface area contributed by atoms with Crippen LogP contribution < -0.4 is 0 Å². The molecular formula is C12H12Br2N2O3S. The van der Waals surface area contributed by atoms with E-state index in [0.29, 0.717) is 25.2 Å². The number of likely N-dealkylation sites (N-methyl/N-ethyl adjacent to an activating group) is 1. The molecule has 0 radical (unpaired) electrons. The monoisotopic (exact) mass is 422 g/mol. The lowest BCUT2D eigenvalue weighted by molar-refractivity contribution is -0.155. The summed E-state index contributed by atoms with van der Waals surface area (Å²) in [5.74, 6) is -1.31. The molecule has 1 aliphatic heterocycles. The maximum absolute atomic E-state index is 12.2. The van der Waals surface area contributed by atoms with Gasteiger partial charge in [0.05, 0.1) is 14.1 Å². The number of hydrogen-bond donors (Lipinski definition) is 0. The Bertz CT molecular complexity index is 573. The van der Waals surface area contributed by atoms with E-state index in [4.69, 9.17) is 0 Å². The molecule has 5 nitrogen and oxygen atoms in total. The van der Waals surface area contributed by atoms with Gasteiger partial charge in [0, 0.05) is 25.2 Å². The maximum Gasteiger partial charge on any atom is 0.312 e. The first-order valence-electron chi connectivity index (χ1n) is 6.00. The van der Waals surface area contributed by atoms with Gasteiger partial charge >= 0.3 is 11.8 Å². The number of halogens is 2. The topological polar surface area (TPSA) is 57.7 Å². The summed E-state index contributed by atoms with van der Waals surface area (Å²) in [6.45, 7) is 3.14. The third kappa shape index (κ3) is 3.12. The fraction of sp³-hybridized carbons (Fsp3) is 0.417. The predicted molar refractivity (Wildman–Crippen MR) is 82.9 cm³/mol. The zero-order valence-electron chi connectivity index (χ0n) is 10.7. The lowest BCUT2D eigenvalue weighted by atomic mass is 10.2. The Kier molecular flexibility index (Phi) is 4.98. The molecule has 2 rings (SSSR count). The Morgan fingerprint density at radius 3 is 2.40 bits per heavy atom. The van der Waals surface area contributed by atoms with Crippen LogP contribution in [0.25, 0.3) is 0 Å². The molecular weight excluding hydrogens is 412 g/mol. The van der Waals surface area contributed by atoms with E-state index >= 15 is 0 Å². The molecule has 0 bridgehead atoms. The quantitative estimate of drug-likeness (QED) is 0.550. The molecule has 1 saturated heterocycles. The lowest BCUT2D eigenvalue weighted by Crippen LogP contribution is -2.55. The molecule has 0 spiro atoms. The average Bonchev–Trinajstić information content (AvgIpc) is 2.74. The number of carbonyl (C=O) groups is 3. The normalized spacial score (nSPS) is 15.9. The van der Waals surface area contributed by atoms with Crippen LogP contribution in [0.1, 0.15) is 17.3 Å². The number of hydrogen-bond acceptors (Lipinski definition) is 4. The first kappa shape index (κ1) is 15.7. The molecule has 1 fully saturated rings. The van der Waals surface area contributed by atoms with E-state index in [1.54, 1.807) is 6.07 Å². The SMILES string of the molecule is CCN1CCN(CC(=O)c2cc(Br)sc2Br)C(=O)C1=O. The second-order valence-electron chi connectivity index (χ2n) is 4.27. The standard InChI is InChI=1S/C12H12Br2N2O3S/c1-2-15-3-4-16(12(19)11(15)18)6-8(17)7-5-9(13)20-10(7)14/h5H,2-4,6H2,1H3. The Morgan fingerprint density at radius 2 is 1.85 bits per heavy atom. The van der Waals surface area contributed by atoms with Crippen molar-refractivity contribution in [3.8, 4) is 0 Å². The van der Waals surface area contributed by atoms with Crippen molar-refractivity contribution in [1.29, 1.82) is 0 Å². The molecule has 1 aliphatic rings. The minimum Gasteiger partial charge on any atom is -0.333 e. The summed E-state index contributed by atoms with van der Waals surface area (Å²) < 4.78 is 1.56. The zero-order valence-corrected chi connectivity index (χ0v) is 14.7. The van der Waals surface area contributed by atoms with E-state index in [0.717, 1.165) is 7.57 Å². The summed E-state index contributed by atoms with van der Waals surface area (Å²) in [5, 5.41) is 0. The number of ketones is 1. The van der Waals surface area contributed by atoms with E-state index in [9.17, 15) is 14.4 Å². The highest BCUT2D eigenvalue weighted by atomic mass is 79.9. The molecule has 108 valence electrons. The van der Waals surface area contributed by atoms with Gasteiger partial charge < -0.3 is 9.80 Å². The van der Waals surface area contributed by atoms with Crippen LogP contribution in [-0.4, -0.2) is 53.6 Å². The molecule has 1 aromatic rings. The fourth-order valence-corrected chi connectivity index (χ4v) is 4.81. The molecule has 0 aromatic carbocycles. The summed E-state index contributed by atoms with van der Waals surface area (Å²) in [6, 6.07) is 1.71. The first-order valence-corrected chi connectivity index (χ1v) is 8.40. The van der Waals surface area contributed by atoms with E-state index in [-0.39, 0.29) is 12.3 Å². The van der Waals surface area contributed by atoms with Crippen molar-refractivity contribution in [2.24, 2.45) is 0 Å². The second-order valence-corrected chi connectivity index (χ2v) is 8.02. The lowest BCUT2D eigenvalue weighted by Gasteiger charge is -2.32. The molecule has 0 atom stereocenters. The number of piperazine rings is 1. The van der Waals surface area contributed by atoms with Crippen molar-refractivity contribution in [2.45, 2.75) is 6.92 Å². The van der Waals surface area contributed by atoms with Gasteiger partial charge in [0.15, 0.2) is 5.78 Å². The summed E-state index contributed by atoms with van der Waals surface area (Å²) >= 11 is 8.03. The molecule has 0 aliphatic carbocycles. The Morgan fingerprint density at radius 1 is 1.25 bits per heavy atom. The zero-order chi connectivity index (χ0) is 14.9. The average molecular weight is 424 g/mol. The molecule has 20 heavy (non-hydrogen) atoms. The van der Waals surface area contributed by atoms with Gasteiger partial charge in [-0.15, -0.1) is 11.3 Å². The Hall–Kier alpha value is -0.730. The van der Waals surface area contributed by atoms with Crippen molar-refractivity contribution in [2.75, 3.05) is 26.2 Å². The van der Waals surface area contributed by atoms with Gasteiger partial charge in [-0.1, -0.05) is 0 Å². The summed E-state index contributed by atoms with van der Waals surface area (Å²) in [6.07, 6.45) is 0. The third-order valence-corrected chi connectivity index (χ3v) is 5.41. The second kappa shape index (κ2) is 6.36. The van der Waals surface area contributed by atoms with Crippen molar-refractivity contribution < 1.29 is 14.4 Å². The van der Waals surface area contributed by atoms with Crippen molar-refractivity contribution in [1.82, 2.24) is 9.80 Å².